The molecule has 0 aliphatic rings. The van der Waals surface area contributed by atoms with Gasteiger partial charge in [0.1, 0.15) is 5.01 Å². The maximum Gasteiger partial charge on any atom is 0.250 e. The fourth-order valence-electron chi connectivity index (χ4n) is 2.04. The number of hydrogen-bond donors (Lipinski definition) is 1. The Kier molecular flexibility index (Phi) is 5.48. The predicted molar refractivity (Wildman–Crippen MR) is 104 cm³/mol. The molecule has 0 unspecified atom stereocenters. The average molecular weight is 390 g/mol. The summed E-state index contributed by atoms with van der Waals surface area (Å²) in [4.78, 5) is 12.0. The van der Waals surface area contributed by atoms with E-state index in [0.717, 1.165) is 10.6 Å². The Morgan fingerprint density at radius 2 is 1.88 bits per heavy atom. The molecule has 0 saturated heterocycles. The third-order valence-corrected chi connectivity index (χ3v) is 4.78. The van der Waals surface area contributed by atoms with Gasteiger partial charge in [-0.2, -0.15) is 0 Å². The molecule has 1 amide bonds. The number of amides is 1. The van der Waals surface area contributed by atoms with Gasteiger partial charge in [-0.05, 0) is 30.7 Å². The van der Waals surface area contributed by atoms with E-state index in [1.807, 2.05) is 31.2 Å². The molecule has 0 saturated carbocycles. The Morgan fingerprint density at radius 3 is 2.60 bits per heavy atom. The summed E-state index contributed by atoms with van der Waals surface area (Å²) < 4.78 is 0. The third-order valence-electron chi connectivity index (χ3n) is 3.33. The molecule has 2 aromatic carbocycles. The van der Waals surface area contributed by atoms with Crippen LogP contribution in [0.25, 0.3) is 16.6 Å². The number of rotatable bonds is 4. The number of nitrogens with one attached hydrogen (secondary N) is 1. The smallest absolute Gasteiger partial charge is 0.250 e. The fourth-order valence-corrected chi connectivity index (χ4v) is 3.26. The highest BCUT2D eigenvalue weighted by atomic mass is 35.5. The van der Waals surface area contributed by atoms with Gasteiger partial charge >= 0.3 is 0 Å². The maximum atomic E-state index is 12.0. The quantitative estimate of drug-likeness (QED) is 0.601. The molecule has 0 radical (unpaired) electrons. The number of anilines is 1. The van der Waals surface area contributed by atoms with Crippen LogP contribution in [0.4, 0.5) is 5.13 Å². The van der Waals surface area contributed by atoms with Crippen molar-refractivity contribution in [2.24, 2.45) is 0 Å². The molecule has 126 valence electrons. The molecule has 25 heavy (non-hydrogen) atoms. The minimum absolute atomic E-state index is 0.308. The van der Waals surface area contributed by atoms with Crippen LogP contribution in [0, 0.1) is 6.92 Å². The van der Waals surface area contributed by atoms with Crippen molar-refractivity contribution >= 4 is 51.7 Å². The van der Waals surface area contributed by atoms with Crippen LogP contribution in [0.1, 0.15) is 11.1 Å². The molecule has 1 N–H and O–H groups in total. The molecule has 0 aliphatic heterocycles. The number of carbonyl (C=O) groups excluding carboxylic acids is 1. The van der Waals surface area contributed by atoms with E-state index in [4.69, 9.17) is 23.2 Å². The minimum Gasteiger partial charge on any atom is -0.297 e. The first-order chi connectivity index (χ1) is 12.0. The molecule has 3 aromatic rings. The number of hydrogen-bond acceptors (Lipinski definition) is 4. The molecular weight excluding hydrogens is 377 g/mol. The van der Waals surface area contributed by atoms with Crippen molar-refractivity contribution in [2.45, 2.75) is 6.92 Å². The molecule has 1 aromatic heterocycles. The SMILES string of the molecule is Cc1ccc(-c2nnc(NC(=O)/C=C/c3ccc(Cl)cc3Cl)s2)cc1. The molecule has 4 nitrogen and oxygen atoms in total. The Labute approximate surface area is 159 Å². The highest BCUT2D eigenvalue weighted by Gasteiger charge is 2.08. The van der Waals surface area contributed by atoms with Gasteiger partial charge in [-0.3, -0.25) is 10.1 Å². The molecule has 0 fully saturated rings. The Hall–Kier alpha value is -2.21. The van der Waals surface area contributed by atoms with Crippen molar-refractivity contribution < 1.29 is 4.79 Å². The third kappa shape index (κ3) is 4.66. The Balaban J connectivity index is 1.67. The van der Waals surface area contributed by atoms with Crippen molar-refractivity contribution in [3.8, 4) is 10.6 Å². The van der Waals surface area contributed by atoms with Gasteiger partial charge in [0, 0.05) is 21.7 Å². The summed E-state index contributed by atoms with van der Waals surface area (Å²) in [7, 11) is 0. The van der Waals surface area contributed by atoms with E-state index >= 15 is 0 Å². The molecule has 0 atom stereocenters. The van der Waals surface area contributed by atoms with Crippen molar-refractivity contribution in [2.75, 3.05) is 5.32 Å². The predicted octanol–water partition coefficient (Wildman–Crippen LogP) is 5.47. The molecule has 3 rings (SSSR count). The van der Waals surface area contributed by atoms with E-state index < -0.39 is 0 Å². The summed E-state index contributed by atoms with van der Waals surface area (Å²) in [6, 6.07) is 13.0. The van der Waals surface area contributed by atoms with Crippen LogP contribution in [-0.2, 0) is 4.79 Å². The van der Waals surface area contributed by atoms with Crippen LogP contribution in [0.2, 0.25) is 10.0 Å². The zero-order valence-corrected chi connectivity index (χ0v) is 15.5. The summed E-state index contributed by atoms with van der Waals surface area (Å²) in [6.07, 6.45) is 3.01. The van der Waals surface area contributed by atoms with Crippen molar-refractivity contribution in [1.82, 2.24) is 10.2 Å². The molecule has 0 bridgehead atoms. The van der Waals surface area contributed by atoms with Gasteiger partial charge in [-0.25, -0.2) is 0 Å². The first-order valence-corrected chi connectivity index (χ1v) is 8.93. The van der Waals surface area contributed by atoms with Gasteiger partial charge in [0.05, 0.1) is 0 Å². The van der Waals surface area contributed by atoms with E-state index in [2.05, 4.69) is 15.5 Å². The van der Waals surface area contributed by atoms with E-state index in [1.54, 1.807) is 24.3 Å². The van der Waals surface area contributed by atoms with Gasteiger partial charge in [0.15, 0.2) is 0 Å². The summed E-state index contributed by atoms with van der Waals surface area (Å²) in [6.45, 7) is 2.02. The van der Waals surface area contributed by atoms with Crippen LogP contribution in [0.5, 0.6) is 0 Å². The second-order valence-electron chi connectivity index (χ2n) is 5.27. The van der Waals surface area contributed by atoms with E-state index in [-0.39, 0.29) is 5.91 Å². The first-order valence-electron chi connectivity index (χ1n) is 7.36. The normalized spacial score (nSPS) is 11.0. The zero-order chi connectivity index (χ0) is 17.8. The van der Waals surface area contributed by atoms with Crippen molar-refractivity contribution in [3.05, 3.63) is 69.7 Å². The van der Waals surface area contributed by atoms with Crippen LogP contribution < -0.4 is 5.32 Å². The largest absolute Gasteiger partial charge is 0.297 e. The lowest BCUT2D eigenvalue weighted by atomic mass is 10.2. The van der Waals surface area contributed by atoms with Crippen molar-refractivity contribution in [1.29, 1.82) is 0 Å². The topological polar surface area (TPSA) is 54.9 Å². The van der Waals surface area contributed by atoms with Gasteiger partial charge in [-0.1, -0.05) is 70.4 Å². The lowest BCUT2D eigenvalue weighted by Crippen LogP contribution is -2.07. The summed E-state index contributed by atoms with van der Waals surface area (Å²) >= 11 is 13.2. The number of benzene rings is 2. The number of nitrogens with zero attached hydrogens (tertiary/aromatic N) is 2. The number of halogens is 2. The van der Waals surface area contributed by atoms with Crippen LogP contribution in [0.3, 0.4) is 0 Å². The fraction of sp³-hybridized carbons (Fsp3) is 0.0556. The first kappa shape index (κ1) is 17.6. The monoisotopic (exact) mass is 389 g/mol. The molecular formula is C18H13Cl2N3OS. The Bertz CT molecular complexity index is 936. The second kappa shape index (κ2) is 7.78. The molecule has 1 heterocycles. The summed E-state index contributed by atoms with van der Waals surface area (Å²) in [5, 5.41) is 13.0. The molecule has 7 heteroatoms. The van der Waals surface area contributed by atoms with Crippen LogP contribution >= 0.6 is 34.5 Å². The lowest BCUT2D eigenvalue weighted by molar-refractivity contribution is -0.111. The standard InChI is InChI=1S/C18H13Cl2N3OS/c1-11-2-4-13(5-3-11)17-22-23-18(25-17)21-16(24)9-7-12-6-8-14(19)10-15(12)20/h2-10H,1H3,(H,21,23,24)/b9-7+. The average Bonchev–Trinajstić information content (AvgIpc) is 3.03. The van der Waals surface area contributed by atoms with Gasteiger partial charge in [0.25, 0.3) is 0 Å². The summed E-state index contributed by atoms with van der Waals surface area (Å²) in [5.41, 5.74) is 2.85. The van der Waals surface area contributed by atoms with Gasteiger partial charge in [0.2, 0.25) is 11.0 Å². The minimum atomic E-state index is -0.308. The number of carbonyl (C=O) groups is 1. The van der Waals surface area contributed by atoms with E-state index in [1.165, 1.54) is 23.0 Å². The van der Waals surface area contributed by atoms with Gasteiger partial charge < -0.3 is 0 Å². The zero-order valence-electron chi connectivity index (χ0n) is 13.2. The number of aryl methyl sites for hydroxylation is 1. The molecule has 0 aliphatic carbocycles. The highest BCUT2D eigenvalue weighted by molar-refractivity contribution is 7.18. The molecule has 0 spiro atoms. The lowest BCUT2D eigenvalue weighted by Gasteiger charge is -1.99. The van der Waals surface area contributed by atoms with E-state index in [9.17, 15) is 4.79 Å². The second-order valence-corrected chi connectivity index (χ2v) is 7.09. The highest BCUT2D eigenvalue weighted by Crippen LogP contribution is 2.26. The summed E-state index contributed by atoms with van der Waals surface area (Å²) in [5.74, 6) is -0.308. The van der Waals surface area contributed by atoms with E-state index in [0.29, 0.717) is 20.7 Å². The van der Waals surface area contributed by atoms with Crippen LogP contribution in [-0.4, -0.2) is 16.1 Å². The Morgan fingerprint density at radius 1 is 1.12 bits per heavy atom. The number of aromatic nitrogens is 2. The maximum absolute atomic E-state index is 12.0. The van der Waals surface area contributed by atoms with Gasteiger partial charge in [-0.15, -0.1) is 10.2 Å². The van der Waals surface area contributed by atoms with Crippen molar-refractivity contribution in [3.63, 3.8) is 0 Å². The van der Waals surface area contributed by atoms with Crippen LogP contribution in [0.15, 0.2) is 48.5 Å².